The Morgan fingerprint density at radius 1 is 0.943 bits per heavy atom. The lowest BCUT2D eigenvalue weighted by Gasteiger charge is -2.07. The third-order valence-corrected chi connectivity index (χ3v) is 5.03. The Morgan fingerprint density at radius 2 is 1.63 bits per heavy atom. The van der Waals surface area contributed by atoms with Crippen molar-refractivity contribution in [3.63, 3.8) is 0 Å². The van der Waals surface area contributed by atoms with E-state index in [-0.39, 0.29) is 17.1 Å². The molecule has 180 valence electrons. The molecule has 3 rings (SSSR count). The van der Waals surface area contributed by atoms with E-state index in [2.05, 4.69) is 15.8 Å². The summed E-state index contributed by atoms with van der Waals surface area (Å²) >= 11 is 11.9. The maximum atomic E-state index is 12.3. The van der Waals surface area contributed by atoms with Gasteiger partial charge < -0.3 is 14.8 Å². The molecular formula is C25H21Cl2N3O5. The average Bonchev–Trinajstić information content (AvgIpc) is 2.84. The molecule has 35 heavy (non-hydrogen) atoms. The van der Waals surface area contributed by atoms with E-state index in [9.17, 15) is 14.4 Å². The van der Waals surface area contributed by atoms with Crippen LogP contribution in [-0.4, -0.2) is 37.1 Å². The van der Waals surface area contributed by atoms with Gasteiger partial charge in [0.1, 0.15) is 11.5 Å². The van der Waals surface area contributed by atoms with Gasteiger partial charge in [-0.3, -0.25) is 9.59 Å². The minimum absolute atomic E-state index is 0.192. The molecule has 2 N–H and O–H groups in total. The van der Waals surface area contributed by atoms with Crippen molar-refractivity contribution in [3.8, 4) is 11.5 Å². The van der Waals surface area contributed by atoms with Crippen molar-refractivity contribution in [3.05, 3.63) is 93.5 Å². The maximum Gasteiger partial charge on any atom is 0.345 e. The SMILES string of the molecule is CCOc1ccc(C(=O)NCC(=O)N/N=C/c2ccc(OC(=O)c3ccc(Cl)cc3Cl)cc2)cc1. The molecule has 8 nitrogen and oxygen atoms in total. The second kappa shape index (κ2) is 12.5. The minimum atomic E-state index is -0.618. The van der Waals surface area contributed by atoms with Crippen LogP contribution in [0.4, 0.5) is 0 Å². The molecule has 0 unspecified atom stereocenters. The first-order valence-electron chi connectivity index (χ1n) is 10.5. The quantitative estimate of drug-likeness (QED) is 0.190. The fourth-order valence-corrected chi connectivity index (χ4v) is 3.27. The van der Waals surface area contributed by atoms with E-state index in [1.807, 2.05) is 6.92 Å². The van der Waals surface area contributed by atoms with E-state index in [4.69, 9.17) is 32.7 Å². The van der Waals surface area contributed by atoms with Crippen LogP contribution >= 0.6 is 23.2 Å². The molecular weight excluding hydrogens is 493 g/mol. The van der Waals surface area contributed by atoms with Crippen LogP contribution in [-0.2, 0) is 4.79 Å². The number of esters is 1. The summed E-state index contributed by atoms with van der Waals surface area (Å²) in [5.41, 5.74) is 3.57. The number of hydrogen-bond donors (Lipinski definition) is 2. The number of rotatable bonds is 9. The number of carbonyl (C=O) groups excluding carboxylic acids is 3. The highest BCUT2D eigenvalue weighted by Gasteiger charge is 2.13. The van der Waals surface area contributed by atoms with Crippen LogP contribution in [0.1, 0.15) is 33.2 Å². The van der Waals surface area contributed by atoms with Gasteiger partial charge in [0.2, 0.25) is 0 Å². The molecule has 2 amide bonds. The average molecular weight is 514 g/mol. The summed E-state index contributed by atoms with van der Waals surface area (Å²) in [4.78, 5) is 36.3. The molecule has 3 aromatic rings. The number of nitrogens with one attached hydrogen (secondary N) is 2. The molecule has 0 aliphatic heterocycles. The topological polar surface area (TPSA) is 106 Å². The third-order valence-electron chi connectivity index (χ3n) is 4.48. The molecule has 10 heteroatoms. The number of benzene rings is 3. The first-order chi connectivity index (χ1) is 16.9. The number of hydrogen-bond acceptors (Lipinski definition) is 6. The predicted molar refractivity (Wildman–Crippen MR) is 134 cm³/mol. The van der Waals surface area contributed by atoms with Crippen LogP contribution in [0.25, 0.3) is 0 Å². The monoisotopic (exact) mass is 513 g/mol. The highest BCUT2D eigenvalue weighted by atomic mass is 35.5. The lowest BCUT2D eigenvalue weighted by Crippen LogP contribution is -2.34. The van der Waals surface area contributed by atoms with E-state index in [1.54, 1.807) is 54.6 Å². The van der Waals surface area contributed by atoms with Crippen molar-refractivity contribution >= 4 is 47.2 Å². The standard InChI is InChI=1S/C25H21Cl2N3O5/c1-2-34-19-10-5-17(6-11-19)24(32)28-15-23(31)30-29-14-16-3-8-20(9-4-16)35-25(33)21-12-7-18(26)13-22(21)27/h3-14H,2,15H2,1H3,(H,28,32)(H,30,31)/b29-14+. The van der Waals surface area contributed by atoms with Crippen LogP contribution in [0.3, 0.4) is 0 Å². The Hall–Kier alpha value is -3.88. The Balaban J connectivity index is 1.44. The van der Waals surface area contributed by atoms with Gasteiger partial charge in [-0.25, -0.2) is 10.2 Å². The van der Waals surface area contributed by atoms with Crippen molar-refractivity contribution in [2.75, 3.05) is 13.2 Å². The van der Waals surface area contributed by atoms with Crippen molar-refractivity contribution in [1.29, 1.82) is 0 Å². The van der Waals surface area contributed by atoms with E-state index >= 15 is 0 Å². The molecule has 0 bridgehead atoms. The molecule has 0 heterocycles. The van der Waals surface area contributed by atoms with E-state index in [1.165, 1.54) is 18.3 Å². The number of hydrazone groups is 1. The fourth-order valence-electron chi connectivity index (χ4n) is 2.79. The van der Waals surface area contributed by atoms with Gasteiger partial charge in [-0.2, -0.15) is 5.10 Å². The van der Waals surface area contributed by atoms with Crippen molar-refractivity contribution in [1.82, 2.24) is 10.7 Å². The fraction of sp³-hybridized carbons (Fsp3) is 0.120. The lowest BCUT2D eigenvalue weighted by atomic mass is 10.2. The smallest absolute Gasteiger partial charge is 0.345 e. The number of halogens is 2. The molecule has 0 aliphatic carbocycles. The molecule has 0 saturated carbocycles. The zero-order chi connectivity index (χ0) is 25.2. The highest BCUT2D eigenvalue weighted by Crippen LogP contribution is 2.23. The number of ether oxygens (including phenoxy) is 2. The van der Waals surface area contributed by atoms with Crippen LogP contribution in [0.5, 0.6) is 11.5 Å². The van der Waals surface area contributed by atoms with E-state index < -0.39 is 17.8 Å². The highest BCUT2D eigenvalue weighted by molar-refractivity contribution is 6.36. The molecule has 0 fully saturated rings. The van der Waals surface area contributed by atoms with Crippen molar-refractivity contribution in [2.24, 2.45) is 5.10 Å². The van der Waals surface area contributed by atoms with Gasteiger partial charge in [0.25, 0.3) is 11.8 Å². The summed E-state index contributed by atoms with van der Waals surface area (Å²) < 4.78 is 10.6. The first-order valence-corrected chi connectivity index (χ1v) is 11.2. The number of amides is 2. The molecule has 0 aromatic heterocycles. The number of carbonyl (C=O) groups is 3. The van der Waals surface area contributed by atoms with E-state index in [0.29, 0.717) is 34.3 Å². The molecule has 0 spiro atoms. The van der Waals surface area contributed by atoms with Crippen molar-refractivity contribution < 1.29 is 23.9 Å². The summed E-state index contributed by atoms with van der Waals surface area (Å²) in [5.74, 6) is -0.539. The Labute approximate surface area is 211 Å². The summed E-state index contributed by atoms with van der Waals surface area (Å²) in [7, 11) is 0. The predicted octanol–water partition coefficient (Wildman–Crippen LogP) is 4.49. The summed E-state index contributed by atoms with van der Waals surface area (Å²) in [6, 6.07) is 17.5. The van der Waals surface area contributed by atoms with Gasteiger partial charge >= 0.3 is 5.97 Å². The second-order valence-corrected chi connectivity index (χ2v) is 7.86. The zero-order valence-electron chi connectivity index (χ0n) is 18.6. The lowest BCUT2D eigenvalue weighted by molar-refractivity contribution is -0.120. The molecule has 0 atom stereocenters. The van der Waals surface area contributed by atoms with Crippen LogP contribution in [0.2, 0.25) is 10.0 Å². The summed E-state index contributed by atoms with van der Waals surface area (Å²) in [5, 5.41) is 6.97. The van der Waals surface area contributed by atoms with Crippen LogP contribution < -0.4 is 20.2 Å². The molecule has 0 aliphatic rings. The maximum absolute atomic E-state index is 12.3. The Bertz CT molecular complexity index is 1230. The molecule has 0 saturated heterocycles. The first kappa shape index (κ1) is 25.7. The summed E-state index contributed by atoms with van der Waals surface area (Å²) in [6.07, 6.45) is 1.41. The molecule has 3 aromatic carbocycles. The van der Waals surface area contributed by atoms with Crippen molar-refractivity contribution in [2.45, 2.75) is 6.92 Å². The minimum Gasteiger partial charge on any atom is -0.494 e. The Kier molecular flexibility index (Phi) is 9.23. The molecule has 0 radical (unpaired) electrons. The van der Waals surface area contributed by atoms with Gasteiger partial charge in [0.05, 0.1) is 30.0 Å². The largest absolute Gasteiger partial charge is 0.494 e. The van der Waals surface area contributed by atoms with Crippen LogP contribution in [0.15, 0.2) is 71.8 Å². The van der Waals surface area contributed by atoms with Gasteiger partial charge in [-0.15, -0.1) is 0 Å². The van der Waals surface area contributed by atoms with Gasteiger partial charge in [0, 0.05) is 10.6 Å². The van der Waals surface area contributed by atoms with Gasteiger partial charge in [-0.1, -0.05) is 23.2 Å². The summed E-state index contributed by atoms with van der Waals surface area (Å²) in [6.45, 7) is 2.16. The van der Waals surface area contributed by atoms with Crippen LogP contribution in [0, 0.1) is 0 Å². The van der Waals surface area contributed by atoms with Gasteiger partial charge in [-0.05, 0) is 79.2 Å². The van der Waals surface area contributed by atoms with E-state index in [0.717, 1.165) is 0 Å². The zero-order valence-corrected chi connectivity index (χ0v) is 20.1. The normalized spacial score (nSPS) is 10.6. The Morgan fingerprint density at radius 3 is 2.29 bits per heavy atom. The third kappa shape index (κ3) is 7.84. The number of nitrogens with zero attached hydrogens (tertiary/aromatic N) is 1. The van der Waals surface area contributed by atoms with Gasteiger partial charge in [0.15, 0.2) is 0 Å². The second-order valence-electron chi connectivity index (χ2n) is 7.02.